The number of halogens is 7. The van der Waals surface area contributed by atoms with Gasteiger partial charge in [0.15, 0.2) is 5.82 Å². The zero-order chi connectivity index (χ0) is 25.3. The number of nitrogens with one attached hydrogen (secondary N) is 1. The molecule has 0 aliphatic carbocycles. The van der Waals surface area contributed by atoms with Gasteiger partial charge < -0.3 is 11.1 Å². The fourth-order valence-corrected chi connectivity index (χ4v) is 3.00. The minimum atomic E-state index is -4.66. The van der Waals surface area contributed by atoms with Gasteiger partial charge in [0.1, 0.15) is 23.3 Å². The fourth-order valence-electron chi connectivity index (χ4n) is 2.85. The average Bonchev–Trinajstić information content (AvgIpc) is 2.73. The molecule has 0 radical (unpaired) electrons. The van der Waals surface area contributed by atoms with Crippen molar-refractivity contribution in [3.8, 4) is 6.07 Å². The molecular weight excluding hydrogens is 486 g/mol. The number of azo groups is 1. The van der Waals surface area contributed by atoms with Gasteiger partial charge in [0.05, 0.1) is 21.7 Å². The van der Waals surface area contributed by atoms with E-state index in [9.17, 15) is 31.6 Å². The summed E-state index contributed by atoms with van der Waals surface area (Å²) in [6, 6.07) is 8.43. The van der Waals surface area contributed by atoms with Crippen molar-refractivity contribution in [1.82, 2.24) is 4.98 Å². The second-order valence-corrected chi connectivity index (χ2v) is 7.28. The lowest BCUT2D eigenvalue weighted by molar-refractivity contribution is -0.138. The normalized spacial score (nSPS) is 12.1. The predicted octanol–water partition coefficient (Wildman–Crippen LogP) is 7.69. The topological polar surface area (TPSA) is 99.5 Å². The molecule has 0 atom stereocenters. The summed E-state index contributed by atoms with van der Waals surface area (Å²) in [5.74, 6) is -0.397. The van der Waals surface area contributed by atoms with Crippen LogP contribution in [0.25, 0.3) is 0 Å². The third-order valence-electron chi connectivity index (χ3n) is 4.54. The number of rotatable bonds is 4. The summed E-state index contributed by atoms with van der Waals surface area (Å²) in [6.45, 7) is 1.43. The lowest BCUT2D eigenvalue weighted by atomic mass is 10.1. The van der Waals surface area contributed by atoms with E-state index in [-0.39, 0.29) is 44.8 Å². The summed E-state index contributed by atoms with van der Waals surface area (Å²) in [5, 5.41) is 19.5. The van der Waals surface area contributed by atoms with Crippen LogP contribution in [0.5, 0.6) is 0 Å². The summed E-state index contributed by atoms with van der Waals surface area (Å²) in [4.78, 5) is 3.98. The third kappa shape index (κ3) is 5.37. The molecule has 176 valence electrons. The van der Waals surface area contributed by atoms with E-state index < -0.39 is 23.5 Å². The Hall–Kier alpha value is -3.85. The van der Waals surface area contributed by atoms with Crippen molar-refractivity contribution in [2.24, 2.45) is 10.2 Å². The highest BCUT2D eigenvalue weighted by Crippen LogP contribution is 2.39. The number of nitrogen functional groups attached to an aromatic ring is 1. The maximum absolute atomic E-state index is 13.1. The minimum Gasteiger partial charge on any atom is -0.383 e. The Bertz CT molecular complexity index is 1310. The van der Waals surface area contributed by atoms with E-state index in [0.717, 1.165) is 30.3 Å². The van der Waals surface area contributed by atoms with Crippen LogP contribution in [0.2, 0.25) is 5.02 Å². The molecule has 0 saturated heterocycles. The molecule has 3 N–H and O–H groups in total. The second kappa shape index (κ2) is 9.18. The molecule has 3 aromatic rings. The van der Waals surface area contributed by atoms with Crippen molar-refractivity contribution in [1.29, 1.82) is 5.26 Å². The zero-order valence-corrected chi connectivity index (χ0v) is 17.8. The number of hydrogen-bond donors (Lipinski definition) is 2. The first-order valence-corrected chi connectivity index (χ1v) is 9.62. The van der Waals surface area contributed by atoms with E-state index in [1.54, 1.807) is 0 Å². The maximum atomic E-state index is 13.1. The Morgan fingerprint density at radius 2 is 1.65 bits per heavy atom. The van der Waals surface area contributed by atoms with Crippen LogP contribution in [0.15, 0.2) is 52.7 Å². The highest BCUT2D eigenvalue weighted by Gasteiger charge is 2.31. The first-order chi connectivity index (χ1) is 15.8. The Labute approximate surface area is 193 Å². The molecule has 0 amide bonds. The number of nitrogens with two attached hydrogens (primary N) is 1. The summed E-state index contributed by atoms with van der Waals surface area (Å²) in [5.41, 5.74) is 3.42. The van der Waals surface area contributed by atoms with Crippen LogP contribution in [-0.2, 0) is 12.4 Å². The number of alkyl halides is 6. The van der Waals surface area contributed by atoms with Crippen LogP contribution in [0.3, 0.4) is 0 Å². The number of nitriles is 1. The molecule has 0 saturated carbocycles. The minimum absolute atomic E-state index is 0.0283. The van der Waals surface area contributed by atoms with Gasteiger partial charge in [0, 0.05) is 11.3 Å². The summed E-state index contributed by atoms with van der Waals surface area (Å²) >= 11 is 5.93. The van der Waals surface area contributed by atoms with Gasteiger partial charge in [0.2, 0.25) is 0 Å². The highest BCUT2D eigenvalue weighted by molar-refractivity contribution is 6.33. The number of pyridine rings is 1. The molecule has 0 aliphatic heterocycles. The van der Waals surface area contributed by atoms with Gasteiger partial charge in [-0.3, -0.25) is 0 Å². The van der Waals surface area contributed by atoms with Crippen molar-refractivity contribution in [2.45, 2.75) is 19.3 Å². The quantitative estimate of drug-likeness (QED) is 0.284. The number of hydrogen-bond acceptors (Lipinski definition) is 6. The molecule has 0 bridgehead atoms. The Morgan fingerprint density at radius 1 is 1.00 bits per heavy atom. The molecule has 3 rings (SSSR count). The van der Waals surface area contributed by atoms with E-state index in [1.165, 1.54) is 13.0 Å². The smallest absolute Gasteiger partial charge is 0.383 e. The molecular formula is C21H13ClF6N6. The SMILES string of the molecule is Cc1c(C#N)c(N)nc(Nc2cccc(C(F)(F)F)c2)c1N=Nc1cc(C(F)(F)F)ccc1Cl. The van der Waals surface area contributed by atoms with Crippen molar-refractivity contribution in [2.75, 3.05) is 11.1 Å². The van der Waals surface area contributed by atoms with Crippen molar-refractivity contribution >= 4 is 40.3 Å². The average molecular weight is 499 g/mol. The van der Waals surface area contributed by atoms with Crippen LogP contribution in [0, 0.1) is 18.3 Å². The van der Waals surface area contributed by atoms with Gasteiger partial charge >= 0.3 is 12.4 Å². The van der Waals surface area contributed by atoms with E-state index in [0.29, 0.717) is 6.07 Å². The fraction of sp³-hybridized carbons (Fsp3) is 0.143. The van der Waals surface area contributed by atoms with E-state index >= 15 is 0 Å². The lowest BCUT2D eigenvalue weighted by Crippen LogP contribution is -2.06. The molecule has 0 unspecified atom stereocenters. The summed E-state index contributed by atoms with van der Waals surface area (Å²) < 4.78 is 78.2. The first kappa shape index (κ1) is 24.8. The van der Waals surface area contributed by atoms with E-state index in [4.69, 9.17) is 17.3 Å². The Morgan fingerprint density at radius 3 is 2.26 bits per heavy atom. The Balaban J connectivity index is 2.11. The Kier molecular flexibility index (Phi) is 6.70. The molecule has 6 nitrogen and oxygen atoms in total. The zero-order valence-electron chi connectivity index (χ0n) is 17.1. The van der Waals surface area contributed by atoms with Crippen LogP contribution >= 0.6 is 11.6 Å². The highest BCUT2D eigenvalue weighted by atomic mass is 35.5. The number of nitrogens with zero attached hydrogens (tertiary/aromatic N) is 4. The molecule has 1 aromatic heterocycles. The first-order valence-electron chi connectivity index (χ1n) is 9.24. The number of anilines is 3. The van der Waals surface area contributed by atoms with E-state index in [2.05, 4.69) is 20.5 Å². The van der Waals surface area contributed by atoms with Crippen molar-refractivity contribution in [3.63, 3.8) is 0 Å². The standard InChI is InChI=1S/C21H13ClF6N6/c1-10-14(9-29)18(30)32-19(31-13-4-2-3-11(7-13)20(23,24)25)17(10)34-33-16-8-12(21(26,27)28)5-6-15(16)22/h2-8H,1H3,(H3,30,31,32). The van der Waals surface area contributed by atoms with Gasteiger partial charge in [-0.2, -0.15) is 31.6 Å². The summed E-state index contributed by atoms with van der Waals surface area (Å²) in [6.07, 6.45) is -9.26. The molecule has 13 heteroatoms. The molecule has 2 aromatic carbocycles. The maximum Gasteiger partial charge on any atom is 0.416 e. The molecule has 0 spiro atoms. The van der Waals surface area contributed by atoms with E-state index in [1.807, 2.05) is 6.07 Å². The van der Waals surface area contributed by atoms with Crippen LogP contribution in [0.1, 0.15) is 22.3 Å². The monoisotopic (exact) mass is 498 g/mol. The molecule has 0 fully saturated rings. The van der Waals surface area contributed by atoms with Crippen molar-refractivity contribution < 1.29 is 26.3 Å². The number of aromatic nitrogens is 1. The van der Waals surface area contributed by atoms with Crippen LogP contribution < -0.4 is 11.1 Å². The molecule has 34 heavy (non-hydrogen) atoms. The molecule has 1 heterocycles. The van der Waals surface area contributed by atoms with Gasteiger partial charge in [-0.25, -0.2) is 4.98 Å². The largest absolute Gasteiger partial charge is 0.416 e. The van der Waals surface area contributed by atoms with Crippen molar-refractivity contribution in [3.05, 3.63) is 69.7 Å². The molecule has 0 aliphatic rings. The van der Waals surface area contributed by atoms with Crippen LogP contribution in [0.4, 0.5) is 55.0 Å². The third-order valence-corrected chi connectivity index (χ3v) is 4.86. The lowest BCUT2D eigenvalue weighted by Gasteiger charge is -2.14. The predicted molar refractivity (Wildman–Crippen MR) is 113 cm³/mol. The van der Waals surface area contributed by atoms with Gasteiger partial charge in [-0.15, -0.1) is 10.2 Å². The second-order valence-electron chi connectivity index (χ2n) is 6.87. The van der Waals surface area contributed by atoms with Gasteiger partial charge in [-0.05, 0) is 43.3 Å². The van der Waals surface area contributed by atoms with Crippen LogP contribution in [-0.4, -0.2) is 4.98 Å². The van der Waals surface area contributed by atoms with Gasteiger partial charge in [0.25, 0.3) is 0 Å². The number of benzene rings is 2. The summed E-state index contributed by atoms with van der Waals surface area (Å²) in [7, 11) is 0. The van der Waals surface area contributed by atoms with Gasteiger partial charge in [-0.1, -0.05) is 17.7 Å².